The standard InChI is InChI=1S/C21H20N4O3/c1-14-5-4-6-16(7-14)19-12-22-13-20(24-19)21(26)25-23-11-15-8-17(27-2)10-18(9-15)28-3/h4-13H,1-3H3,(H,25,26)/b23-11+. The number of aromatic nitrogens is 2. The van der Waals surface area contributed by atoms with Crippen LogP contribution < -0.4 is 14.9 Å². The van der Waals surface area contributed by atoms with Crippen molar-refractivity contribution in [1.29, 1.82) is 0 Å². The lowest BCUT2D eigenvalue weighted by atomic mass is 10.1. The van der Waals surface area contributed by atoms with E-state index >= 15 is 0 Å². The molecule has 7 nitrogen and oxygen atoms in total. The van der Waals surface area contributed by atoms with Crippen molar-refractivity contribution >= 4 is 12.1 Å². The summed E-state index contributed by atoms with van der Waals surface area (Å²) < 4.78 is 10.4. The molecule has 0 aliphatic rings. The molecule has 7 heteroatoms. The smallest absolute Gasteiger partial charge is 0.291 e. The van der Waals surface area contributed by atoms with Gasteiger partial charge in [0, 0.05) is 17.2 Å². The molecule has 0 radical (unpaired) electrons. The molecule has 0 aliphatic carbocycles. The minimum atomic E-state index is -0.451. The first-order chi connectivity index (χ1) is 13.6. The maximum absolute atomic E-state index is 12.4. The zero-order valence-electron chi connectivity index (χ0n) is 15.8. The molecule has 0 bridgehead atoms. The molecule has 28 heavy (non-hydrogen) atoms. The number of nitrogens with one attached hydrogen (secondary N) is 1. The topological polar surface area (TPSA) is 85.7 Å². The van der Waals surface area contributed by atoms with Crippen LogP contribution in [-0.4, -0.2) is 36.3 Å². The van der Waals surface area contributed by atoms with Gasteiger partial charge >= 0.3 is 0 Å². The highest BCUT2D eigenvalue weighted by Crippen LogP contribution is 2.21. The normalized spacial score (nSPS) is 10.7. The van der Waals surface area contributed by atoms with Crippen molar-refractivity contribution in [2.75, 3.05) is 14.2 Å². The van der Waals surface area contributed by atoms with E-state index in [-0.39, 0.29) is 5.69 Å². The number of benzene rings is 2. The molecule has 0 atom stereocenters. The van der Waals surface area contributed by atoms with Gasteiger partial charge in [-0.15, -0.1) is 0 Å². The minimum Gasteiger partial charge on any atom is -0.497 e. The summed E-state index contributed by atoms with van der Waals surface area (Å²) >= 11 is 0. The zero-order chi connectivity index (χ0) is 19.9. The molecule has 0 fully saturated rings. The van der Waals surface area contributed by atoms with Gasteiger partial charge in [0.15, 0.2) is 0 Å². The maximum atomic E-state index is 12.4. The first-order valence-electron chi connectivity index (χ1n) is 8.54. The number of methoxy groups -OCH3 is 2. The molecular formula is C21H20N4O3. The molecule has 0 aliphatic heterocycles. The first kappa shape index (κ1) is 19.0. The van der Waals surface area contributed by atoms with Crippen LogP contribution in [0.1, 0.15) is 21.6 Å². The number of aryl methyl sites for hydroxylation is 1. The van der Waals surface area contributed by atoms with Gasteiger partial charge in [-0.05, 0) is 25.1 Å². The molecule has 3 rings (SSSR count). The fourth-order valence-corrected chi connectivity index (χ4v) is 2.55. The van der Waals surface area contributed by atoms with Gasteiger partial charge in [-0.25, -0.2) is 10.4 Å². The average Bonchev–Trinajstić information content (AvgIpc) is 2.73. The predicted molar refractivity (Wildman–Crippen MR) is 107 cm³/mol. The van der Waals surface area contributed by atoms with E-state index in [9.17, 15) is 4.79 Å². The Labute approximate surface area is 163 Å². The van der Waals surface area contributed by atoms with Crippen LogP contribution in [0, 0.1) is 6.92 Å². The van der Waals surface area contributed by atoms with E-state index < -0.39 is 5.91 Å². The summed E-state index contributed by atoms with van der Waals surface area (Å²) in [5, 5.41) is 3.98. The molecule has 1 heterocycles. The zero-order valence-corrected chi connectivity index (χ0v) is 15.8. The fourth-order valence-electron chi connectivity index (χ4n) is 2.55. The maximum Gasteiger partial charge on any atom is 0.291 e. The third kappa shape index (κ3) is 4.70. The quantitative estimate of drug-likeness (QED) is 0.527. The molecule has 0 saturated heterocycles. The number of rotatable bonds is 6. The summed E-state index contributed by atoms with van der Waals surface area (Å²) in [6.07, 6.45) is 4.52. The second-order valence-corrected chi connectivity index (χ2v) is 6.00. The Morgan fingerprint density at radius 1 is 1.07 bits per heavy atom. The average molecular weight is 376 g/mol. The Morgan fingerprint density at radius 3 is 2.50 bits per heavy atom. The lowest BCUT2D eigenvalue weighted by Crippen LogP contribution is -2.19. The Balaban J connectivity index is 1.73. The summed E-state index contributed by atoms with van der Waals surface area (Å²) in [6.45, 7) is 2.00. The molecule has 1 N–H and O–H groups in total. The number of carbonyl (C=O) groups excluding carboxylic acids is 1. The minimum absolute atomic E-state index is 0.180. The van der Waals surface area contributed by atoms with Gasteiger partial charge < -0.3 is 9.47 Å². The predicted octanol–water partition coefficient (Wildman–Crippen LogP) is 3.23. The van der Waals surface area contributed by atoms with E-state index in [1.54, 1.807) is 38.6 Å². The fraction of sp³-hybridized carbons (Fsp3) is 0.143. The van der Waals surface area contributed by atoms with Crippen LogP contribution in [0.5, 0.6) is 11.5 Å². The lowest BCUT2D eigenvalue weighted by molar-refractivity contribution is 0.0950. The van der Waals surface area contributed by atoms with Gasteiger partial charge in [0.25, 0.3) is 5.91 Å². The molecular weight excluding hydrogens is 356 g/mol. The Kier molecular flexibility index (Phi) is 5.96. The van der Waals surface area contributed by atoms with Crippen molar-refractivity contribution in [1.82, 2.24) is 15.4 Å². The summed E-state index contributed by atoms with van der Waals surface area (Å²) in [6, 6.07) is 13.1. The van der Waals surface area contributed by atoms with Gasteiger partial charge in [-0.1, -0.05) is 23.8 Å². The van der Waals surface area contributed by atoms with E-state index in [0.29, 0.717) is 17.2 Å². The van der Waals surface area contributed by atoms with E-state index in [1.807, 2.05) is 31.2 Å². The monoisotopic (exact) mass is 376 g/mol. The second kappa shape index (κ2) is 8.77. The molecule has 1 amide bonds. The highest BCUT2D eigenvalue weighted by molar-refractivity contribution is 5.93. The molecule has 1 aromatic heterocycles. The van der Waals surface area contributed by atoms with Gasteiger partial charge in [0.2, 0.25) is 0 Å². The molecule has 2 aromatic carbocycles. The van der Waals surface area contributed by atoms with Crippen LogP contribution in [0.2, 0.25) is 0 Å². The van der Waals surface area contributed by atoms with Crippen molar-refractivity contribution < 1.29 is 14.3 Å². The largest absolute Gasteiger partial charge is 0.497 e. The third-order valence-electron chi connectivity index (χ3n) is 3.93. The lowest BCUT2D eigenvalue weighted by Gasteiger charge is -2.06. The number of hydrogen-bond acceptors (Lipinski definition) is 6. The van der Waals surface area contributed by atoms with Crippen molar-refractivity contribution in [3.8, 4) is 22.8 Å². The van der Waals surface area contributed by atoms with Crippen LogP contribution in [0.15, 0.2) is 60.0 Å². The van der Waals surface area contributed by atoms with E-state index in [2.05, 4.69) is 20.5 Å². The van der Waals surface area contributed by atoms with Gasteiger partial charge in [-0.3, -0.25) is 9.78 Å². The number of hydrazone groups is 1. The van der Waals surface area contributed by atoms with Crippen LogP contribution in [0.3, 0.4) is 0 Å². The summed E-state index contributed by atoms with van der Waals surface area (Å²) in [5.74, 6) is 0.806. The Bertz CT molecular complexity index is 996. The summed E-state index contributed by atoms with van der Waals surface area (Å²) in [4.78, 5) is 20.8. The number of amides is 1. The van der Waals surface area contributed by atoms with E-state index in [1.165, 1.54) is 12.4 Å². The van der Waals surface area contributed by atoms with E-state index in [0.717, 1.165) is 16.7 Å². The van der Waals surface area contributed by atoms with Crippen LogP contribution >= 0.6 is 0 Å². The number of carbonyl (C=O) groups is 1. The number of nitrogens with zero attached hydrogens (tertiary/aromatic N) is 3. The summed E-state index contributed by atoms with van der Waals surface area (Å²) in [7, 11) is 3.13. The molecule has 142 valence electrons. The van der Waals surface area contributed by atoms with Gasteiger partial charge in [0.1, 0.15) is 17.2 Å². The van der Waals surface area contributed by atoms with Crippen molar-refractivity contribution in [3.63, 3.8) is 0 Å². The second-order valence-electron chi connectivity index (χ2n) is 6.00. The van der Waals surface area contributed by atoms with Gasteiger partial charge in [-0.2, -0.15) is 5.10 Å². The van der Waals surface area contributed by atoms with E-state index in [4.69, 9.17) is 9.47 Å². The molecule has 0 spiro atoms. The molecule has 0 unspecified atom stereocenters. The van der Waals surface area contributed by atoms with Gasteiger partial charge in [0.05, 0.1) is 38.5 Å². The highest BCUT2D eigenvalue weighted by atomic mass is 16.5. The van der Waals surface area contributed by atoms with Crippen molar-refractivity contribution in [2.24, 2.45) is 5.10 Å². The van der Waals surface area contributed by atoms with Crippen LogP contribution in [0.4, 0.5) is 0 Å². The van der Waals surface area contributed by atoms with Crippen molar-refractivity contribution in [3.05, 3.63) is 71.7 Å². The van der Waals surface area contributed by atoms with Crippen molar-refractivity contribution in [2.45, 2.75) is 6.92 Å². The molecule has 0 saturated carbocycles. The third-order valence-corrected chi connectivity index (χ3v) is 3.93. The SMILES string of the molecule is COc1cc(/C=N/NC(=O)c2cncc(-c3cccc(C)c3)n2)cc(OC)c1. The van der Waals surface area contributed by atoms with Crippen LogP contribution in [0.25, 0.3) is 11.3 Å². The van der Waals surface area contributed by atoms with Crippen LogP contribution in [-0.2, 0) is 0 Å². The number of hydrogen-bond donors (Lipinski definition) is 1. The Hall–Kier alpha value is -3.74. The molecule has 3 aromatic rings. The highest BCUT2D eigenvalue weighted by Gasteiger charge is 2.09. The summed E-state index contributed by atoms with van der Waals surface area (Å²) in [5.41, 5.74) is 5.98. The number of ether oxygens (including phenoxy) is 2. The first-order valence-corrected chi connectivity index (χ1v) is 8.54. The Morgan fingerprint density at radius 2 is 1.82 bits per heavy atom.